The fraction of sp³-hybridized carbons (Fsp3) is 0.292. The molecule has 0 radical (unpaired) electrons. The van der Waals surface area contributed by atoms with Gasteiger partial charge >= 0.3 is 0 Å². The highest BCUT2D eigenvalue weighted by molar-refractivity contribution is 6.02. The van der Waals surface area contributed by atoms with E-state index >= 15 is 0 Å². The number of nitrogens with zero attached hydrogens (tertiary/aromatic N) is 4. The molecular formula is C24H26N4O4. The molecule has 3 heterocycles. The van der Waals surface area contributed by atoms with Crippen LogP contribution in [0.15, 0.2) is 76.6 Å². The van der Waals surface area contributed by atoms with Gasteiger partial charge in [0, 0.05) is 33.3 Å². The Morgan fingerprint density at radius 3 is 2.62 bits per heavy atom. The molecule has 0 fully saturated rings. The van der Waals surface area contributed by atoms with E-state index in [1.807, 2.05) is 60.3 Å². The largest absolute Gasteiger partial charge is 0.459 e. The summed E-state index contributed by atoms with van der Waals surface area (Å²) in [5.41, 5.74) is 2.79. The molecule has 166 valence electrons. The maximum Gasteiger partial charge on any atom is 0.290 e. The molecule has 0 N–H and O–H groups in total. The summed E-state index contributed by atoms with van der Waals surface area (Å²) in [7, 11) is 3.51. The summed E-state index contributed by atoms with van der Waals surface area (Å²) in [5, 5.41) is 6.20. The predicted octanol–water partition coefficient (Wildman–Crippen LogP) is 3.08. The molecule has 0 aliphatic carbocycles. The van der Waals surface area contributed by atoms with Gasteiger partial charge in [0.05, 0.1) is 30.3 Å². The van der Waals surface area contributed by atoms with Crippen molar-refractivity contribution < 1.29 is 18.7 Å². The average Bonchev–Trinajstić information content (AvgIpc) is 3.57. The predicted molar refractivity (Wildman–Crippen MR) is 119 cm³/mol. The second-order valence-electron chi connectivity index (χ2n) is 7.62. The Morgan fingerprint density at radius 1 is 1.16 bits per heavy atom. The van der Waals surface area contributed by atoms with Gasteiger partial charge in [-0.1, -0.05) is 30.3 Å². The smallest absolute Gasteiger partial charge is 0.290 e. The van der Waals surface area contributed by atoms with Crippen LogP contribution < -0.4 is 0 Å². The molecule has 8 nitrogen and oxygen atoms in total. The molecule has 2 aromatic heterocycles. The van der Waals surface area contributed by atoms with Gasteiger partial charge in [-0.05, 0) is 29.8 Å². The number of hydrogen-bond donors (Lipinski definition) is 0. The molecule has 0 saturated heterocycles. The minimum Gasteiger partial charge on any atom is -0.459 e. The lowest BCUT2D eigenvalue weighted by molar-refractivity contribution is -0.133. The molecule has 0 bridgehead atoms. The minimum atomic E-state index is -0.359. The third-order valence-electron chi connectivity index (χ3n) is 5.50. The molecule has 4 rings (SSSR count). The fourth-order valence-electron chi connectivity index (χ4n) is 3.84. The highest BCUT2D eigenvalue weighted by Crippen LogP contribution is 2.32. The highest BCUT2D eigenvalue weighted by atomic mass is 16.5. The maximum atomic E-state index is 13.4. The molecule has 0 saturated carbocycles. The van der Waals surface area contributed by atoms with Crippen molar-refractivity contribution in [2.24, 2.45) is 12.1 Å². The summed E-state index contributed by atoms with van der Waals surface area (Å²) >= 11 is 0. The van der Waals surface area contributed by atoms with E-state index in [-0.39, 0.29) is 36.7 Å². The zero-order chi connectivity index (χ0) is 22.5. The maximum absolute atomic E-state index is 13.4. The van der Waals surface area contributed by atoms with Crippen molar-refractivity contribution in [2.75, 3.05) is 26.8 Å². The van der Waals surface area contributed by atoms with Crippen molar-refractivity contribution in [3.63, 3.8) is 0 Å². The molecule has 3 aromatic rings. The van der Waals surface area contributed by atoms with Gasteiger partial charge in [0.1, 0.15) is 6.54 Å². The molecule has 32 heavy (non-hydrogen) atoms. The third-order valence-corrected chi connectivity index (χ3v) is 5.50. The Labute approximate surface area is 186 Å². The Bertz CT molecular complexity index is 1090. The third kappa shape index (κ3) is 4.50. The number of aryl methyl sites for hydroxylation is 1. The quantitative estimate of drug-likeness (QED) is 0.546. The van der Waals surface area contributed by atoms with E-state index < -0.39 is 0 Å². The van der Waals surface area contributed by atoms with E-state index in [0.29, 0.717) is 13.0 Å². The van der Waals surface area contributed by atoms with Crippen molar-refractivity contribution in [1.29, 1.82) is 0 Å². The van der Waals surface area contributed by atoms with Crippen LogP contribution in [-0.4, -0.2) is 58.8 Å². The Balaban J connectivity index is 1.60. The van der Waals surface area contributed by atoms with Gasteiger partial charge in [-0.3, -0.25) is 9.59 Å². The number of benzene rings is 1. The zero-order valence-corrected chi connectivity index (χ0v) is 18.2. The lowest BCUT2D eigenvalue weighted by Gasteiger charge is -2.26. The molecule has 8 heteroatoms. The first-order valence-electron chi connectivity index (χ1n) is 10.5. The number of methoxy groups -OCH3 is 1. The number of rotatable bonds is 8. The topological polar surface area (TPSA) is 80.3 Å². The minimum absolute atomic E-state index is 0.129. The van der Waals surface area contributed by atoms with Crippen molar-refractivity contribution in [3.8, 4) is 0 Å². The van der Waals surface area contributed by atoms with Crippen LogP contribution in [0.25, 0.3) is 0 Å². The SMILES string of the molecule is COCCN(CC(=O)N1N=C(c2cccn2C)CC1c1ccccc1)C(=O)c1ccco1. The van der Waals surface area contributed by atoms with E-state index in [0.717, 1.165) is 17.0 Å². The Hall–Kier alpha value is -3.65. The molecule has 1 unspecified atom stereocenters. The summed E-state index contributed by atoms with van der Waals surface area (Å²) in [4.78, 5) is 27.7. The van der Waals surface area contributed by atoms with Gasteiger partial charge in [0.2, 0.25) is 0 Å². The van der Waals surface area contributed by atoms with Gasteiger partial charge in [-0.2, -0.15) is 5.10 Å². The van der Waals surface area contributed by atoms with E-state index in [1.54, 1.807) is 19.2 Å². The lowest BCUT2D eigenvalue weighted by Crippen LogP contribution is -2.42. The summed E-state index contributed by atoms with van der Waals surface area (Å²) in [6, 6.07) is 16.8. The number of amides is 2. The molecule has 2 amide bonds. The first-order valence-corrected chi connectivity index (χ1v) is 10.5. The van der Waals surface area contributed by atoms with Crippen LogP contribution in [0.3, 0.4) is 0 Å². The van der Waals surface area contributed by atoms with E-state index in [2.05, 4.69) is 0 Å². The van der Waals surface area contributed by atoms with Crippen LogP contribution >= 0.6 is 0 Å². The van der Waals surface area contributed by atoms with Crippen LogP contribution in [0, 0.1) is 0 Å². The van der Waals surface area contributed by atoms with Crippen LogP contribution in [0.4, 0.5) is 0 Å². The summed E-state index contributed by atoms with van der Waals surface area (Å²) in [6.45, 7) is 0.440. The Kier molecular flexibility index (Phi) is 6.51. The average molecular weight is 434 g/mol. The van der Waals surface area contributed by atoms with Crippen LogP contribution in [0.2, 0.25) is 0 Å². The van der Waals surface area contributed by atoms with E-state index in [1.165, 1.54) is 16.2 Å². The van der Waals surface area contributed by atoms with Gasteiger partial charge in [-0.25, -0.2) is 5.01 Å². The summed E-state index contributed by atoms with van der Waals surface area (Å²) in [6.07, 6.45) is 3.98. The lowest BCUT2D eigenvalue weighted by atomic mass is 10.0. The fourth-order valence-corrected chi connectivity index (χ4v) is 3.84. The van der Waals surface area contributed by atoms with Gasteiger partial charge in [0.15, 0.2) is 5.76 Å². The number of ether oxygens (including phenoxy) is 1. The number of carbonyl (C=O) groups excluding carboxylic acids is 2. The molecule has 1 atom stereocenters. The second kappa shape index (κ2) is 9.65. The number of hydrazone groups is 1. The van der Waals surface area contributed by atoms with Gasteiger partial charge in [-0.15, -0.1) is 0 Å². The highest BCUT2D eigenvalue weighted by Gasteiger charge is 2.35. The molecular weight excluding hydrogens is 408 g/mol. The van der Waals surface area contributed by atoms with E-state index in [4.69, 9.17) is 14.3 Å². The number of carbonyl (C=O) groups is 2. The number of aromatic nitrogens is 1. The van der Waals surface area contributed by atoms with Crippen LogP contribution in [-0.2, 0) is 16.6 Å². The standard InChI is InChI=1S/C24H26N4O4/c1-26-12-6-10-20(26)19-16-21(18-8-4-3-5-9-18)28(25-19)23(29)17-27(13-15-31-2)24(30)22-11-7-14-32-22/h3-12,14,21H,13,15-17H2,1-2H3. The summed E-state index contributed by atoms with van der Waals surface area (Å²) < 4.78 is 12.4. The van der Waals surface area contributed by atoms with Crippen LogP contribution in [0.5, 0.6) is 0 Å². The molecule has 1 aliphatic heterocycles. The van der Waals surface area contributed by atoms with Gasteiger partial charge < -0.3 is 18.6 Å². The van der Waals surface area contributed by atoms with Gasteiger partial charge in [0.25, 0.3) is 11.8 Å². The number of hydrogen-bond acceptors (Lipinski definition) is 5. The normalized spacial score (nSPS) is 15.6. The van der Waals surface area contributed by atoms with Crippen LogP contribution in [0.1, 0.15) is 34.3 Å². The molecule has 0 spiro atoms. The zero-order valence-electron chi connectivity index (χ0n) is 18.2. The monoisotopic (exact) mass is 434 g/mol. The van der Waals surface area contributed by atoms with Crippen molar-refractivity contribution in [2.45, 2.75) is 12.5 Å². The summed E-state index contributed by atoms with van der Waals surface area (Å²) in [5.74, 6) is -0.440. The Morgan fingerprint density at radius 2 is 1.97 bits per heavy atom. The first-order chi connectivity index (χ1) is 15.6. The number of furan rings is 1. The second-order valence-corrected chi connectivity index (χ2v) is 7.62. The van der Waals surface area contributed by atoms with Crippen molar-refractivity contribution in [3.05, 3.63) is 84.1 Å². The first kappa shape index (κ1) is 21.6. The molecule has 1 aliphatic rings. The van der Waals surface area contributed by atoms with Crippen molar-refractivity contribution in [1.82, 2.24) is 14.5 Å². The van der Waals surface area contributed by atoms with E-state index in [9.17, 15) is 9.59 Å². The molecule has 1 aromatic carbocycles. The van der Waals surface area contributed by atoms with Crippen molar-refractivity contribution >= 4 is 17.5 Å².